The molecular weight excluding hydrogens is 216 g/mol. The first-order chi connectivity index (χ1) is 7.16. The zero-order valence-corrected chi connectivity index (χ0v) is 9.24. The number of ether oxygens (including phenoxy) is 1. The quantitative estimate of drug-likeness (QED) is 0.725. The Bertz CT molecular complexity index is 340. The molecule has 1 unspecified atom stereocenters. The third kappa shape index (κ3) is 2.30. The summed E-state index contributed by atoms with van der Waals surface area (Å²) in [6, 6.07) is 2.01. The van der Waals surface area contributed by atoms with Crippen molar-refractivity contribution in [1.82, 2.24) is 9.97 Å². The fourth-order valence-corrected chi connectivity index (χ4v) is 1.82. The number of hydrogen-bond donors (Lipinski definition) is 1. The lowest BCUT2D eigenvalue weighted by molar-refractivity contribution is 0.0985. The normalized spacial score (nSPS) is 21.7. The third-order valence-electron chi connectivity index (χ3n) is 2.37. The molecule has 1 aromatic rings. The predicted molar refractivity (Wildman–Crippen MR) is 59.1 cm³/mol. The molecule has 2 N–H and O–H groups in total. The van der Waals surface area contributed by atoms with Crippen molar-refractivity contribution >= 4 is 23.2 Å². The van der Waals surface area contributed by atoms with Crippen LogP contribution < -0.4 is 10.6 Å². The minimum absolute atomic E-state index is 0.184. The maximum absolute atomic E-state index is 5.76. The topological polar surface area (TPSA) is 64.3 Å². The van der Waals surface area contributed by atoms with Crippen molar-refractivity contribution in [2.45, 2.75) is 13.0 Å². The molecule has 2 heterocycles. The van der Waals surface area contributed by atoms with Crippen molar-refractivity contribution < 1.29 is 4.74 Å². The molecule has 0 aromatic carbocycles. The van der Waals surface area contributed by atoms with E-state index in [9.17, 15) is 0 Å². The van der Waals surface area contributed by atoms with Crippen LogP contribution in [-0.2, 0) is 4.74 Å². The highest BCUT2D eigenvalue weighted by molar-refractivity contribution is 6.28. The number of halogens is 1. The first-order valence-corrected chi connectivity index (χ1v) is 5.19. The first-order valence-electron chi connectivity index (χ1n) is 4.81. The summed E-state index contributed by atoms with van der Waals surface area (Å²) in [6.07, 6.45) is 0. The fraction of sp³-hybridized carbons (Fsp3) is 0.556. The average molecular weight is 229 g/mol. The van der Waals surface area contributed by atoms with E-state index in [1.54, 1.807) is 6.07 Å². The number of morpholine rings is 1. The Hall–Kier alpha value is -1.07. The maximum atomic E-state index is 5.76. The highest BCUT2D eigenvalue weighted by Gasteiger charge is 2.20. The monoisotopic (exact) mass is 228 g/mol. The molecule has 1 fully saturated rings. The summed E-state index contributed by atoms with van der Waals surface area (Å²) in [5.74, 6) is 1.16. The van der Waals surface area contributed by atoms with Gasteiger partial charge in [-0.25, -0.2) is 9.97 Å². The molecule has 2 rings (SSSR count). The van der Waals surface area contributed by atoms with Gasteiger partial charge in [0.1, 0.15) is 11.6 Å². The van der Waals surface area contributed by atoms with Crippen LogP contribution in [0.25, 0.3) is 0 Å². The van der Waals surface area contributed by atoms with Crippen molar-refractivity contribution in [2.24, 2.45) is 0 Å². The van der Waals surface area contributed by atoms with E-state index in [1.165, 1.54) is 0 Å². The molecule has 1 saturated heterocycles. The summed E-state index contributed by atoms with van der Waals surface area (Å²) in [6.45, 7) is 4.27. The standard InChI is InChI=1S/C9H13ClN4O/c1-6-5-15-3-2-14(6)8-4-7(11)12-9(10)13-8/h4,6H,2-3,5H2,1H3,(H2,11,12,13). The van der Waals surface area contributed by atoms with Crippen molar-refractivity contribution in [3.8, 4) is 0 Å². The molecule has 0 aliphatic carbocycles. The Balaban J connectivity index is 2.27. The minimum Gasteiger partial charge on any atom is -0.383 e. The molecule has 0 bridgehead atoms. The largest absolute Gasteiger partial charge is 0.383 e. The molecular formula is C9H13ClN4O. The maximum Gasteiger partial charge on any atom is 0.226 e. The van der Waals surface area contributed by atoms with Crippen molar-refractivity contribution in [3.05, 3.63) is 11.3 Å². The van der Waals surface area contributed by atoms with Gasteiger partial charge in [0.25, 0.3) is 0 Å². The number of nitrogens with zero attached hydrogens (tertiary/aromatic N) is 3. The first kappa shape index (κ1) is 10.4. The smallest absolute Gasteiger partial charge is 0.226 e. The number of rotatable bonds is 1. The second-order valence-electron chi connectivity index (χ2n) is 3.54. The van der Waals surface area contributed by atoms with Gasteiger partial charge in [0.15, 0.2) is 0 Å². The average Bonchev–Trinajstić information content (AvgIpc) is 2.16. The summed E-state index contributed by atoms with van der Waals surface area (Å²) in [5.41, 5.74) is 5.62. The van der Waals surface area contributed by atoms with E-state index < -0.39 is 0 Å². The Morgan fingerprint density at radius 2 is 2.40 bits per heavy atom. The minimum atomic E-state index is 0.184. The van der Waals surface area contributed by atoms with Gasteiger partial charge < -0.3 is 15.4 Å². The lowest BCUT2D eigenvalue weighted by Gasteiger charge is -2.34. The molecule has 6 heteroatoms. The summed E-state index contributed by atoms with van der Waals surface area (Å²) in [4.78, 5) is 10.1. The third-order valence-corrected chi connectivity index (χ3v) is 2.54. The van der Waals surface area contributed by atoms with E-state index >= 15 is 0 Å². The van der Waals surface area contributed by atoms with Gasteiger partial charge >= 0.3 is 0 Å². The lowest BCUT2D eigenvalue weighted by Crippen LogP contribution is -2.44. The van der Waals surface area contributed by atoms with E-state index in [0.717, 1.165) is 12.4 Å². The van der Waals surface area contributed by atoms with Crippen LogP contribution in [0.3, 0.4) is 0 Å². The molecule has 0 spiro atoms. The summed E-state index contributed by atoms with van der Waals surface area (Å²) >= 11 is 5.76. The highest BCUT2D eigenvalue weighted by Crippen LogP contribution is 2.20. The SMILES string of the molecule is CC1COCCN1c1cc(N)nc(Cl)n1. The molecule has 1 aliphatic heterocycles. The van der Waals surface area contributed by atoms with Gasteiger partial charge in [-0.3, -0.25) is 0 Å². The number of nitrogen functional groups attached to an aromatic ring is 1. The fourth-order valence-electron chi connectivity index (χ4n) is 1.64. The summed E-state index contributed by atoms with van der Waals surface area (Å²) in [5, 5.41) is 0.184. The van der Waals surface area contributed by atoms with Gasteiger partial charge in [0.2, 0.25) is 5.28 Å². The summed E-state index contributed by atoms with van der Waals surface area (Å²) in [7, 11) is 0. The van der Waals surface area contributed by atoms with Crippen LogP contribution in [0.15, 0.2) is 6.07 Å². The van der Waals surface area contributed by atoms with Gasteiger partial charge in [0.05, 0.1) is 19.3 Å². The van der Waals surface area contributed by atoms with E-state index in [-0.39, 0.29) is 11.3 Å². The Kier molecular flexibility index (Phi) is 2.93. The Labute approximate surface area is 93.2 Å². The molecule has 1 aromatic heterocycles. The zero-order valence-electron chi connectivity index (χ0n) is 8.48. The van der Waals surface area contributed by atoms with Gasteiger partial charge in [-0.2, -0.15) is 0 Å². The van der Waals surface area contributed by atoms with E-state index in [0.29, 0.717) is 19.0 Å². The molecule has 15 heavy (non-hydrogen) atoms. The lowest BCUT2D eigenvalue weighted by atomic mass is 10.2. The molecule has 5 nitrogen and oxygen atoms in total. The molecule has 0 radical (unpaired) electrons. The van der Waals surface area contributed by atoms with Gasteiger partial charge in [-0.15, -0.1) is 0 Å². The highest BCUT2D eigenvalue weighted by atomic mass is 35.5. The van der Waals surface area contributed by atoms with Gasteiger partial charge in [-0.1, -0.05) is 0 Å². The second kappa shape index (κ2) is 4.20. The van der Waals surface area contributed by atoms with E-state index in [4.69, 9.17) is 22.1 Å². The van der Waals surface area contributed by atoms with Crippen LogP contribution in [0.5, 0.6) is 0 Å². The predicted octanol–water partition coefficient (Wildman–Crippen LogP) is 0.937. The molecule has 82 valence electrons. The van der Waals surface area contributed by atoms with Crippen molar-refractivity contribution in [1.29, 1.82) is 0 Å². The molecule has 1 atom stereocenters. The van der Waals surface area contributed by atoms with Crippen LogP contribution in [0, 0.1) is 0 Å². The molecule has 0 amide bonds. The number of nitrogens with two attached hydrogens (primary N) is 1. The van der Waals surface area contributed by atoms with Crippen LogP contribution in [0.1, 0.15) is 6.92 Å². The van der Waals surface area contributed by atoms with Crippen molar-refractivity contribution in [3.63, 3.8) is 0 Å². The molecule has 0 saturated carbocycles. The van der Waals surface area contributed by atoms with E-state index in [1.807, 2.05) is 0 Å². The second-order valence-corrected chi connectivity index (χ2v) is 3.88. The van der Waals surface area contributed by atoms with Crippen LogP contribution >= 0.6 is 11.6 Å². The van der Waals surface area contributed by atoms with Gasteiger partial charge in [-0.05, 0) is 18.5 Å². The number of anilines is 2. The Morgan fingerprint density at radius 3 is 3.07 bits per heavy atom. The number of hydrogen-bond acceptors (Lipinski definition) is 5. The van der Waals surface area contributed by atoms with Crippen LogP contribution in [0.4, 0.5) is 11.6 Å². The van der Waals surface area contributed by atoms with Gasteiger partial charge in [0, 0.05) is 12.6 Å². The van der Waals surface area contributed by atoms with Crippen molar-refractivity contribution in [2.75, 3.05) is 30.4 Å². The Morgan fingerprint density at radius 1 is 1.60 bits per heavy atom. The number of aromatic nitrogens is 2. The molecule has 1 aliphatic rings. The zero-order chi connectivity index (χ0) is 10.8. The van der Waals surface area contributed by atoms with Crippen LogP contribution in [-0.4, -0.2) is 35.8 Å². The summed E-state index contributed by atoms with van der Waals surface area (Å²) < 4.78 is 5.34. The van der Waals surface area contributed by atoms with E-state index in [2.05, 4.69) is 21.8 Å². The van der Waals surface area contributed by atoms with Crippen LogP contribution in [0.2, 0.25) is 5.28 Å².